The van der Waals surface area contributed by atoms with E-state index in [9.17, 15) is 17.2 Å². The first kappa shape index (κ1) is 16.0. The van der Waals surface area contributed by atoms with Gasteiger partial charge in [-0.2, -0.15) is 4.31 Å². The lowest BCUT2D eigenvalue weighted by atomic mass is 10.2. The monoisotopic (exact) mass is 293 g/mol. The molecule has 1 rings (SSSR count). The SMILES string of the molecule is CCC(C)N(C)S(=O)(=O)c1ccc(F)c(CO)c1F. The minimum Gasteiger partial charge on any atom is -0.391 e. The summed E-state index contributed by atoms with van der Waals surface area (Å²) in [5.74, 6) is -2.21. The Morgan fingerprint density at radius 2 is 1.95 bits per heavy atom. The van der Waals surface area contributed by atoms with Crippen LogP contribution in [0, 0.1) is 11.6 Å². The molecule has 0 saturated carbocycles. The molecule has 19 heavy (non-hydrogen) atoms. The van der Waals surface area contributed by atoms with Gasteiger partial charge in [0.1, 0.15) is 10.7 Å². The Morgan fingerprint density at radius 1 is 1.37 bits per heavy atom. The fourth-order valence-corrected chi connectivity index (χ4v) is 3.09. The third-order valence-corrected chi connectivity index (χ3v) is 5.17. The Balaban J connectivity index is 3.38. The minimum atomic E-state index is -4.05. The molecule has 0 saturated heterocycles. The molecule has 0 aromatic heterocycles. The van der Waals surface area contributed by atoms with Crippen LogP contribution in [0.15, 0.2) is 17.0 Å². The van der Waals surface area contributed by atoms with E-state index in [1.54, 1.807) is 13.8 Å². The van der Waals surface area contributed by atoms with Gasteiger partial charge < -0.3 is 5.11 Å². The standard InChI is InChI=1S/C12H17F2NO3S/c1-4-8(2)15(3)19(17,18)11-6-5-10(13)9(7-16)12(11)14/h5-6,8,16H,4,7H2,1-3H3. The van der Waals surface area contributed by atoms with Crippen LogP contribution in [0.4, 0.5) is 8.78 Å². The van der Waals surface area contributed by atoms with E-state index < -0.39 is 38.7 Å². The highest BCUT2D eigenvalue weighted by Gasteiger charge is 2.29. The Kier molecular flexibility index (Phi) is 5.00. The lowest BCUT2D eigenvalue weighted by Gasteiger charge is -2.23. The molecule has 0 aliphatic heterocycles. The van der Waals surface area contributed by atoms with Crippen LogP contribution < -0.4 is 0 Å². The normalized spacial score (nSPS) is 13.8. The molecule has 1 N–H and O–H groups in total. The molecule has 0 aliphatic rings. The van der Waals surface area contributed by atoms with Crippen LogP contribution in [0.25, 0.3) is 0 Å². The van der Waals surface area contributed by atoms with Crippen molar-refractivity contribution < 1.29 is 22.3 Å². The summed E-state index contributed by atoms with van der Waals surface area (Å²) in [5, 5.41) is 8.89. The zero-order valence-corrected chi connectivity index (χ0v) is 11.8. The third kappa shape index (κ3) is 2.93. The van der Waals surface area contributed by atoms with E-state index in [2.05, 4.69) is 0 Å². The summed E-state index contributed by atoms with van der Waals surface area (Å²) in [6.07, 6.45) is 0.561. The second-order valence-electron chi connectivity index (χ2n) is 4.27. The lowest BCUT2D eigenvalue weighted by molar-refractivity contribution is 0.267. The van der Waals surface area contributed by atoms with Crippen molar-refractivity contribution in [2.45, 2.75) is 37.8 Å². The Hall–Kier alpha value is -1.05. The average Bonchev–Trinajstić information content (AvgIpc) is 2.37. The van der Waals surface area contributed by atoms with Crippen LogP contribution >= 0.6 is 0 Å². The molecule has 1 atom stereocenters. The summed E-state index contributed by atoms with van der Waals surface area (Å²) in [4.78, 5) is -0.624. The fraction of sp³-hybridized carbons (Fsp3) is 0.500. The highest BCUT2D eigenvalue weighted by Crippen LogP contribution is 2.24. The van der Waals surface area contributed by atoms with Crippen molar-refractivity contribution in [1.29, 1.82) is 0 Å². The van der Waals surface area contributed by atoms with Crippen LogP contribution in [0.3, 0.4) is 0 Å². The Morgan fingerprint density at radius 3 is 2.42 bits per heavy atom. The largest absolute Gasteiger partial charge is 0.391 e. The highest BCUT2D eigenvalue weighted by molar-refractivity contribution is 7.89. The van der Waals surface area contributed by atoms with E-state index in [4.69, 9.17) is 5.11 Å². The molecular weight excluding hydrogens is 276 g/mol. The fourth-order valence-electron chi connectivity index (χ4n) is 1.57. The number of hydrogen-bond donors (Lipinski definition) is 1. The molecule has 0 spiro atoms. The molecule has 0 heterocycles. The quantitative estimate of drug-likeness (QED) is 0.901. The summed E-state index contributed by atoms with van der Waals surface area (Å²) in [6.45, 7) is 2.59. The molecular formula is C12H17F2NO3S. The van der Waals surface area contributed by atoms with E-state index >= 15 is 0 Å². The molecule has 1 aromatic rings. The average molecular weight is 293 g/mol. The van der Waals surface area contributed by atoms with Crippen molar-refractivity contribution in [2.24, 2.45) is 0 Å². The smallest absolute Gasteiger partial charge is 0.245 e. The van der Waals surface area contributed by atoms with E-state index in [-0.39, 0.29) is 6.04 Å². The van der Waals surface area contributed by atoms with Crippen molar-refractivity contribution in [3.63, 3.8) is 0 Å². The van der Waals surface area contributed by atoms with E-state index in [0.717, 1.165) is 16.4 Å². The van der Waals surface area contributed by atoms with E-state index in [0.29, 0.717) is 6.42 Å². The van der Waals surface area contributed by atoms with Gasteiger partial charge in [-0.3, -0.25) is 0 Å². The summed E-state index contributed by atoms with van der Waals surface area (Å²) >= 11 is 0. The molecule has 0 fully saturated rings. The molecule has 1 unspecified atom stereocenters. The molecule has 1 aromatic carbocycles. The maximum Gasteiger partial charge on any atom is 0.245 e. The minimum absolute atomic E-state index is 0.313. The van der Waals surface area contributed by atoms with Gasteiger partial charge in [0.05, 0.1) is 12.2 Å². The van der Waals surface area contributed by atoms with Gasteiger partial charge in [-0.15, -0.1) is 0 Å². The second-order valence-corrected chi connectivity index (χ2v) is 6.24. The molecule has 0 radical (unpaired) electrons. The lowest BCUT2D eigenvalue weighted by Crippen LogP contribution is -2.35. The van der Waals surface area contributed by atoms with Gasteiger partial charge in [0.2, 0.25) is 10.0 Å². The van der Waals surface area contributed by atoms with Crippen molar-refractivity contribution in [3.8, 4) is 0 Å². The number of aliphatic hydroxyl groups excluding tert-OH is 1. The molecule has 0 bridgehead atoms. The van der Waals surface area contributed by atoms with Gasteiger partial charge in [0.15, 0.2) is 5.82 Å². The first-order chi connectivity index (χ1) is 8.77. The highest BCUT2D eigenvalue weighted by atomic mass is 32.2. The maximum absolute atomic E-state index is 14.0. The predicted octanol–water partition coefficient (Wildman–Crippen LogP) is 1.88. The first-order valence-electron chi connectivity index (χ1n) is 5.83. The summed E-state index contributed by atoms with van der Waals surface area (Å²) in [6, 6.07) is 1.40. The number of nitrogens with zero attached hydrogens (tertiary/aromatic N) is 1. The summed E-state index contributed by atoms with van der Waals surface area (Å²) in [7, 11) is -2.71. The van der Waals surface area contributed by atoms with Gasteiger partial charge in [-0.25, -0.2) is 17.2 Å². The number of halogens is 2. The van der Waals surface area contributed by atoms with E-state index in [1.165, 1.54) is 7.05 Å². The van der Waals surface area contributed by atoms with Crippen molar-refractivity contribution >= 4 is 10.0 Å². The van der Waals surface area contributed by atoms with E-state index in [1.807, 2.05) is 0 Å². The van der Waals surface area contributed by atoms with Crippen molar-refractivity contribution in [1.82, 2.24) is 4.31 Å². The molecule has 4 nitrogen and oxygen atoms in total. The Bertz CT molecular complexity index is 560. The molecule has 0 aliphatic carbocycles. The third-order valence-electron chi connectivity index (χ3n) is 3.18. The van der Waals surface area contributed by atoms with Gasteiger partial charge >= 0.3 is 0 Å². The summed E-state index contributed by atoms with van der Waals surface area (Å²) < 4.78 is 52.6. The van der Waals surface area contributed by atoms with Gasteiger partial charge in [-0.1, -0.05) is 6.92 Å². The van der Waals surface area contributed by atoms with Gasteiger partial charge in [0.25, 0.3) is 0 Å². The predicted molar refractivity (Wildman–Crippen MR) is 67.0 cm³/mol. The molecule has 0 amide bonds. The van der Waals surface area contributed by atoms with Crippen LogP contribution in [0.2, 0.25) is 0 Å². The van der Waals surface area contributed by atoms with Crippen LogP contribution in [-0.2, 0) is 16.6 Å². The number of hydrogen-bond acceptors (Lipinski definition) is 3. The summed E-state index contributed by atoms with van der Waals surface area (Å²) in [5.41, 5.74) is -0.640. The van der Waals surface area contributed by atoms with Crippen LogP contribution in [0.1, 0.15) is 25.8 Å². The first-order valence-corrected chi connectivity index (χ1v) is 7.27. The topological polar surface area (TPSA) is 57.6 Å². The van der Waals surface area contributed by atoms with Crippen molar-refractivity contribution in [2.75, 3.05) is 7.05 Å². The Labute approximate surface area is 111 Å². The van der Waals surface area contributed by atoms with Crippen LogP contribution in [0.5, 0.6) is 0 Å². The second kappa shape index (κ2) is 5.94. The van der Waals surface area contributed by atoms with Gasteiger partial charge in [-0.05, 0) is 25.5 Å². The zero-order chi connectivity index (χ0) is 14.8. The number of sulfonamides is 1. The van der Waals surface area contributed by atoms with Gasteiger partial charge in [0, 0.05) is 13.1 Å². The molecule has 7 heteroatoms. The number of rotatable bonds is 5. The maximum atomic E-state index is 14.0. The van der Waals surface area contributed by atoms with Crippen molar-refractivity contribution in [3.05, 3.63) is 29.3 Å². The molecule has 108 valence electrons. The van der Waals surface area contributed by atoms with Crippen LogP contribution in [-0.4, -0.2) is 30.9 Å². The number of aliphatic hydroxyl groups is 1. The number of benzene rings is 1. The zero-order valence-electron chi connectivity index (χ0n) is 11.0.